The SMILES string of the molecule is O=Cc1nc(-c2cccnc2)n2c(Br)cccc12. The second-order valence-corrected chi connectivity index (χ2v) is 4.56. The Kier molecular flexibility index (Phi) is 2.68. The molecule has 88 valence electrons. The number of hydrogen-bond acceptors (Lipinski definition) is 3. The predicted molar refractivity (Wildman–Crippen MR) is 71.5 cm³/mol. The standard InChI is InChI=1S/C13H8BrN3O/c14-12-5-1-4-11-10(8-18)16-13(17(11)12)9-3-2-6-15-7-9/h1-8H. The van der Waals surface area contributed by atoms with Gasteiger partial charge in [-0.05, 0) is 40.2 Å². The summed E-state index contributed by atoms with van der Waals surface area (Å²) in [4.78, 5) is 19.5. The lowest BCUT2D eigenvalue weighted by Gasteiger charge is -2.02. The van der Waals surface area contributed by atoms with Crippen LogP contribution in [0.4, 0.5) is 0 Å². The molecule has 0 spiro atoms. The van der Waals surface area contributed by atoms with Crippen molar-refractivity contribution in [1.29, 1.82) is 0 Å². The van der Waals surface area contributed by atoms with Crippen molar-refractivity contribution in [3.8, 4) is 11.4 Å². The Bertz CT molecular complexity index is 722. The van der Waals surface area contributed by atoms with Gasteiger partial charge in [-0.1, -0.05) is 6.07 Å². The highest BCUT2D eigenvalue weighted by Crippen LogP contribution is 2.25. The van der Waals surface area contributed by atoms with Gasteiger partial charge < -0.3 is 0 Å². The van der Waals surface area contributed by atoms with Crippen molar-refractivity contribution in [3.05, 3.63) is 53.0 Å². The van der Waals surface area contributed by atoms with E-state index in [0.29, 0.717) is 11.5 Å². The molecular formula is C13H8BrN3O. The smallest absolute Gasteiger partial charge is 0.170 e. The normalized spacial score (nSPS) is 10.7. The third-order valence-electron chi connectivity index (χ3n) is 2.67. The second-order valence-electron chi connectivity index (χ2n) is 3.75. The lowest BCUT2D eigenvalue weighted by molar-refractivity contribution is 0.112. The first-order chi connectivity index (χ1) is 8.81. The van der Waals surface area contributed by atoms with Gasteiger partial charge >= 0.3 is 0 Å². The van der Waals surface area contributed by atoms with Crippen LogP contribution in [0.5, 0.6) is 0 Å². The van der Waals surface area contributed by atoms with Gasteiger partial charge in [-0.15, -0.1) is 0 Å². The van der Waals surface area contributed by atoms with Gasteiger partial charge in [0.2, 0.25) is 0 Å². The summed E-state index contributed by atoms with van der Waals surface area (Å²) in [5.41, 5.74) is 2.07. The van der Waals surface area contributed by atoms with Gasteiger partial charge in [-0.2, -0.15) is 0 Å². The summed E-state index contributed by atoms with van der Waals surface area (Å²) >= 11 is 3.47. The van der Waals surface area contributed by atoms with Crippen molar-refractivity contribution < 1.29 is 4.79 Å². The molecule has 4 nitrogen and oxygen atoms in total. The second kappa shape index (κ2) is 4.34. The number of hydrogen-bond donors (Lipinski definition) is 0. The third-order valence-corrected chi connectivity index (χ3v) is 3.29. The number of nitrogens with zero attached hydrogens (tertiary/aromatic N) is 3. The molecule has 0 saturated heterocycles. The summed E-state index contributed by atoms with van der Waals surface area (Å²) in [5.74, 6) is 0.702. The fraction of sp³-hybridized carbons (Fsp3) is 0. The van der Waals surface area contributed by atoms with Gasteiger partial charge in [0.15, 0.2) is 6.29 Å². The Hall–Kier alpha value is -2.01. The number of carbonyl (C=O) groups is 1. The molecule has 0 aliphatic heterocycles. The zero-order chi connectivity index (χ0) is 12.5. The summed E-state index contributed by atoms with van der Waals surface area (Å²) in [6.45, 7) is 0. The first-order valence-electron chi connectivity index (χ1n) is 5.34. The summed E-state index contributed by atoms with van der Waals surface area (Å²) in [6.07, 6.45) is 4.19. The number of fused-ring (bicyclic) bond motifs is 1. The molecule has 3 rings (SSSR count). The minimum Gasteiger partial charge on any atom is -0.296 e. The largest absolute Gasteiger partial charge is 0.296 e. The topological polar surface area (TPSA) is 47.3 Å². The maximum Gasteiger partial charge on any atom is 0.170 e. The number of rotatable bonds is 2. The zero-order valence-corrected chi connectivity index (χ0v) is 10.8. The van der Waals surface area contributed by atoms with E-state index in [9.17, 15) is 4.79 Å². The predicted octanol–water partition coefficient (Wildman–Crippen LogP) is 2.97. The maximum absolute atomic E-state index is 11.1. The Morgan fingerprint density at radius 1 is 1.22 bits per heavy atom. The molecular weight excluding hydrogens is 294 g/mol. The molecule has 0 bridgehead atoms. The van der Waals surface area contributed by atoms with Crippen LogP contribution in [0.3, 0.4) is 0 Å². The molecule has 0 aromatic carbocycles. The molecule has 0 saturated carbocycles. The highest BCUT2D eigenvalue weighted by atomic mass is 79.9. The third kappa shape index (κ3) is 1.64. The van der Waals surface area contributed by atoms with Crippen LogP contribution < -0.4 is 0 Å². The molecule has 0 fully saturated rings. The van der Waals surface area contributed by atoms with Crippen LogP contribution in [0.25, 0.3) is 16.9 Å². The van der Waals surface area contributed by atoms with E-state index in [4.69, 9.17) is 0 Å². The first-order valence-corrected chi connectivity index (χ1v) is 6.13. The number of carbonyl (C=O) groups excluding carboxylic acids is 1. The van der Waals surface area contributed by atoms with Crippen LogP contribution in [-0.4, -0.2) is 20.7 Å². The van der Waals surface area contributed by atoms with Crippen LogP contribution >= 0.6 is 15.9 Å². The minimum atomic E-state index is 0.426. The number of aldehydes is 1. The molecule has 3 heterocycles. The number of pyridine rings is 2. The molecule has 5 heteroatoms. The van der Waals surface area contributed by atoms with Crippen LogP contribution in [0.1, 0.15) is 10.5 Å². The lowest BCUT2D eigenvalue weighted by atomic mass is 10.3. The molecule has 0 amide bonds. The molecule has 3 aromatic heterocycles. The number of aromatic nitrogens is 3. The van der Waals surface area contributed by atoms with E-state index in [-0.39, 0.29) is 0 Å². The highest BCUT2D eigenvalue weighted by Gasteiger charge is 2.13. The Balaban J connectivity index is 2.40. The fourth-order valence-electron chi connectivity index (χ4n) is 1.89. The summed E-state index contributed by atoms with van der Waals surface area (Å²) in [5, 5.41) is 0. The first kappa shape index (κ1) is 11.1. The van der Waals surface area contributed by atoms with Gasteiger partial charge in [0, 0.05) is 18.0 Å². The quantitative estimate of drug-likeness (QED) is 0.540. The van der Waals surface area contributed by atoms with E-state index in [1.165, 1.54) is 0 Å². The van der Waals surface area contributed by atoms with Crippen LogP contribution in [0, 0.1) is 0 Å². The van der Waals surface area contributed by atoms with Crippen LogP contribution in [-0.2, 0) is 0 Å². The van der Waals surface area contributed by atoms with E-state index in [0.717, 1.165) is 22.0 Å². The Morgan fingerprint density at radius 3 is 2.83 bits per heavy atom. The van der Waals surface area contributed by atoms with Crippen molar-refractivity contribution in [2.45, 2.75) is 0 Å². The van der Waals surface area contributed by atoms with Crippen molar-refractivity contribution >= 4 is 27.7 Å². The molecule has 0 aliphatic carbocycles. The van der Waals surface area contributed by atoms with Gasteiger partial charge in [0.25, 0.3) is 0 Å². The monoisotopic (exact) mass is 301 g/mol. The summed E-state index contributed by atoms with van der Waals surface area (Å²) in [6, 6.07) is 9.40. The Morgan fingerprint density at radius 2 is 2.11 bits per heavy atom. The molecule has 3 aromatic rings. The van der Waals surface area contributed by atoms with E-state index < -0.39 is 0 Å². The average Bonchev–Trinajstić information content (AvgIpc) is 2.80. The van der Waals surface area contributed by atoms with Crippen molar-refractivity contribution in [1.82, 2.24) is 14.4 Å². The molecule has 0 aliphatic rings. The van der Waals surface area contributed by atoms with Crippen LogP contribution in [0.2, 0.25) is 0 Å². The molecule has 0 radical (unpaired) electrons. The number of halogens is 1. The molecule has 0 N–H and O–H groups in total. The lowest BCUT2D eigenvalue weighted by Crippen LogP contribution is -1.91. The van der Waals surface area contributed by atoms with E-state index in [2.05, 4.69) is 25.9 Å². The van der Waals surface area contributed by atoms with Gasteiger partial charge in [0.1, 0.15) is 11.5 Å². The van der Waals surface area contributed by atoms with Crippen LogP contribution in [0.15, 0.2) is 47.3 Å². The van der Waals surface area contributed by atoms with Gasteiger partial charge in [-0.25, -0.2) is 4.98 Å². The molecule has 18 heavy (non-hydrogen) atoms. The molecule has 0 atom stereocenters. The summed E-state index contributed by atoms with van der Waals surface area (Å²) in [7, 11) is 0. The van der Waals surface area contributed by atoms with E-state index in [1.807, 2.05) is 34.7 Å². The van der Waals surface area contributed by atoms with E-state index in [1.54, 1.807) is 12.4 Å². The van der Waals surface area contributed by atoms with Gasteiger partial charge in [0.05, 0.1) is 10.1 Å². The van der Waals surface area contributed by atoms with Crippen molar-refractivity contribution in [2.75, 3.05) is 0 Å². The van der Waals surface area contributed by atoms with Gasteiger partial charge in [-0.3, -0.25) is 14.2 Å². The maximum atomic E-state index is 11.1. The molecule has 0 unspecified atom stereocenters. The van der Waals surface area contributed by atoms with E-state index >= 15 is 0 Å². The summed E-state index contributed by atoms with van der Waals surface area (Å²) < 4.78 is 2.74. The zero-order valence-electron chi connectivity index (χ0n) is 9.25. The van der Waals surface area contributed by atoms with Crippen molar-refractivity contribution in [2.24, 2.45) is 0 Å². The Labute approximate surface area is 111 Å². The average molecular weight is 302 g/mol. The minimum absolute atomic E-state index is 0.426. The fourth-order valence-corrected chi connectivity index (χ4v) is 2.41. The highest BCUT2D eigenvalue weighted by molar-refractivity contribution is 9.10. The number of imidazole rings is 1. The van der Waals surface area contributed by atoms with Crippen molar-refractivity contribution in [3.63, 3.8) is 0 Å².